The van der Waals surface area contributed by atoms with E-state index in [-0.39, 0.29) is 24.3 Å². The number of aromatic hydroxyl groups is 1. The number of aliphatic carboxylic acids is 1. The average Bonchev–Trinajstić information content (AvgIpc) is 2.87. The molecular formula is C25H31N5O7S. The number of rotatable bonds is 14. The number of nitrogens with two attached hydrogens (primary N) is 2. The highest BCUT2D eigenvalue weighted by atomic mass is 32.1. The van der Waals surface area contributed by atoms with Gasteiger partial charge >= 0.3 is 5.97 Å². The lowest BCUT2D eigenvalue weighted by Crippen LogP contribution is -2.58. The van der Waals surface area contributed by atoms with Crippen LogP contribution in [0.15, 0.2) is 54.6 Å². The topological polar surface area (TPSA) is 214 Å². The zero-order valence-electron chi connectivity index (χ0n) is 20.4. The molecule has 12 nitrogen and oxygen atoms in total. The van der Waals surface area contributed by atoms with Crippen molar-refractivity contribution in [1.82, 2.24) is 16.0 Å². The molecule has 0 radical (unpaired) electrons. The number of hydrogen-bond acceptors (Lipinski definition) is 8. The SMILES string of the molecule is NC(=O)CC(NC(=O)C(N)Cc1ccc(O)cc1)C(=O)NC(Cc1ccccc1)C(=O)NC(CS)C(=O)O. The van der Waals surface area contributed by atoms with Crippen LogP contribution < -0.4 is 27.4 Å². The Labute approximate surface area is 224 Å². The van der Waals surface area contributed by atoms with Gasteiger partial charge in [-0.1, -0.05) is 42.5 Å². The third-order valence-electron chi connectivity index (χ3n) is 5.48. The van der Waals surface area contributed by atoms with E-state index in [2.05, 4.69) is 28.6 Å². The smallest absolute Gasteiger partial charge is 0.327 e. The quantitative estimate of drug-likeness (QED) is 0.135. The van der Waals surface area contributed by atoms with Gasteiger partial charge in [0.2, 0.25) is 23.6 Å². The molecule has 2 aromatic carbocycles. The fourth-order valence-corrected chi connectivity index (χ4v) is 3.70. The zero-order chi connectivity index (χ0) is 28.2. The number of carbonyl (C=O) groups is 5. The molecule has 0 saturated carbocycles. The summed E-state index contributed by atoms with van der Waals surface area (Å²) in [6.45, 7) is 0. The minimum atomic E-state index is -1.45. The van der Waals surface area contributed by atoms with Crippen molar-refractivity contribution in [2.75, 3.05) is 5.75 Å². The summed E-state index contributed by atoms with van der Waals surface area (Å²) in [4.78, 5) is 61.7. The summed E-state index contributed by atoms with van der Waals surface area (Å²) in [6.07, 6.45) is -0.497. The Bertz CT molecular complexity index is 1130. The molecule has 0 aliphatic heterocycles. The average molecular weight is 546 g/mol. The first-order valence-electron chi connectivity index (χ1n) is 11.6. The number of amides is 4. The Morgan fingerprint density at radius 1 is 0.763 bits per heavy atom. The third-order valence-corrected chi connectivity index (χ3v) is 5.84. The van der Waals surface area contributed by atoms with Gasteiger partial charge in [0, 0.05) is 12.2 Å². The number of hydrogen-bond donors (Lipinski definition) is 8. The second kappa shape index (κ2) is 14.6. The van der Waals surface area contributed by atoms with Gasteiger partial charge < -0.3 is 37.6 Å². The highest BCUT2D eigenvalue weighted by Crippen LogP contribution is 2.11. The van der Waals surface area contributed by atoms with Crippen molar-refractivity contribution in [2.24, 2.45) is 11.5 Å². The lowest BCUT2D eigenvalue weighted by molar-refractivity contribution is -0.141. The molecule has 0 spiro atoms. The number of phenols is 1. The normalized spacial score (nSPS) is 13.8. The first-order chi connectivity index (χ1) is 18.0. The van der Waals surface area contributed by atoms with Crippen molar-refractivity contribution in [3.8, 4) is 5.75 Å². The van der Waals surface area contributed by atoms with Crippen molar-refractivity contribution in [3.63, 3.8) is 0 Å². The summed E-state index contributed by atoms with van der Waals surface area (Å²) in [5, 5.41) is 25.8. The maximum Gasteiger partial charge on any atom is 0.327 e. The van der Waals surface area contributed by atoms with Gasteiger partial charge in [0.25, 0.3) is 0 Å². The third kappa shape index (κ3) is 9.75. The van der Waals surface area contributed by atoms with E-state index in [9.17, 15) is 34.2 Å². The molecule has 4 unspecified atom stereocenters. The Kier molecular flexibility index (Phi) is 11.6. The van der Waals surface area contributed by atoms with Crippen LogP contribution in [0.1, 0.15) is 17.5 Å². The number of nitrogens with one attached hydrogen (secondary N) is 3. The van der Waals surface area contributed by atoms with Crippen LogP contribution in [0.25, 0.3) is 0 Å². The predicted octanol–water partition coefficient (Wildman–Crippen LogP) is -1.15. The first kappa shape index (κ1) is 30.1. The molecule has 2 rings (SSSR count). The van der Waals surface area contributed by atoms with E-state index >= 15 is 0 Å². The van der Waals surface area contributed by atoms with Gasteiger partial charge in [-0.2, -0.15) is 12.6 Å². The van der Waals surface area contributed by atoms with E-state index in [4.69, 9.17) is 11.5 Å². The van der Waals surface area contributed by atoms with Gasteiger partial charge in [-0.15, -0.1) is 0 Å². The number of carboxylic acid groups (broad SMARTS) is 1. The largest absolute Gasteiger partial charge is 0.508 e. The first-order valence-corrected chi connectivity index (χ1v) is 12.2. The maximum absolute atomic E-state index is 13.1. The Morgan fingerprint density at radius 3 is 1.84 bits per heavy atom. The molecule has 204 valence electrons. The van der Waals surface area contributed by atoms with Crippen molar-refractivity contribution in [2.45, 2.75) is 43.4 Å². The van der Waals surface area contributed by atoms with Crippen LogP contribution in [0, 0.1) is 0 Å². The van der Waals surface area contributed by atoms with Gasteiger partial charge in [-0.3, -0.25) is 19.2 Å². The minimum Gasteiger partial charge on any atom is -0.508 e. The molecule has 0 bridgehead atoms. The van der Waals surface area contributed by atoms with E-state index in [0.717, 1.165) is 0 Å². The summed E-state index contributed by atoms with van der Waals surface area (Å²) in [5.74, 6) is -4.76. The monoisotopic (exact) mass is 545 g/mol. The van der Waals surface area contributed by atoms with Gasteiger partial charge in [0.05, 0.1) is 12.5 Å². The number of carbonyl (C=O) groups excluding carboxylic acids is 4. The highest BCUT2D eigenvalue weighted by molar-refractivity contribution is 7.80. The van der Waals surface area contributed by atoms with E-state index in [0.29, 0.717) is 11.1 Å². The maximum atomic E-state index is 13.1. The van der Waals surface area contributed by atoms with Gasteiger partial charge in [0.1, 0.15) is 23.9 Å². The van der Waals surface area contributed by atoms with Gasteiger partial charge in [-0.25, -0.2) is 4.79 Å². The molecular weight excluding hydrogens is 514 g/mol. The standard InChI is InChI=1S/C25H31N5O7S/c26-17(10-15-6-8-16(31)9-7-15)22(33)28-19(12-21(27)32)24(35)29-18(11-14-4-2-1-3-5-14)23(34)30-20(13-38)25(36)37/h1-9,17-20,31,38H,10-13,26H2,(H2,27,32)(H,28,33)(H,29,35)(H,30,34)(H,36,37). The molecule has 0 saturated heterocycles. The number of primary amides is 1. The zero-order valence-corrected chi connectivity index (χ0v) is 21.3. The van der Waals surface area contributed by atoms with Crippen molar-refractivity contribution in [1.29, 1.82) is 0 Å². The van der Waals surface area contributed by atoms with Crippen LogP contribution in [-0.4, -0.2) is 69.7 Å². The Balaban J connectivity index is 2.18. The molecule has 0 aliphatic carbocycles. The van der Waals surface area contributed by atoms with Crippen LogP contribution in [0.3, 0.4) is 0 Å². The van der Waals surface area contributed by atoms with E-state index in [1.54, 1.807) is 42.5 Å². The molecule has 9 N–H and O–H groups in total. The summed E-state index contributed by atoms with van der Waals surface area (Å²) in [5.41, 5.74) is 12.6. The molecule has 38 heavy (non-hydrogen) atoms. The van der Waals surface area contributed by atoms with Gasteiger partial charge in [0.15, 0.2) is 0 Å². The predicted molar refractivity (Wildman–Crippen MR) is 141 cm³/mol. The Hall–Kier alpha value is -4.10. The number of thiol groups is 1. The van der Waals surface area contributed by atoms with E-state index < -0.39 is 60.2 Å². The summed E-state index contributed by atoms with van der Waals surface area (Å²) >= 11 is 3.93. The van der Waals surface area contributed by atoms with Crippen LogP contribution in [-0.2, 0) is 36.8 Å². The van der Waals surface area contributed by atoms with E-state index in [1.165, 1.54) is 12.1 Å². The van der Waals surface area contributed by atoms with Gasteiger partial charge in [-0.05, 0) is 29.7 Å². The fourth-order valence-electron chi connectivity index (χ4n) is 3.46. The lowest BCUT2D eigenvalue weighted by Gasteiger charge is -2.24. The van der Waals surface area contributed by atoms with Crippen LogP contribution >= 0.6 is 12.6 Å². The second-order valence-electron chi connectivity index (χ2n) is 8.54. The summed E-state index contributed by atoms with van der Waals surface area (Å²) in [7, 11) is 0. The van der Waals surface area contributed by atoms with Crippen molar-refractivity contribution in [3.05, 3.63) is 65.7 Å². The molecule has 0 fully saturated rings. The molecule has 0 aliphatic rings. The Morgan fingerprint density at radius 2 is 1.29 bits per heavy atom. The number of carboxylic acids is 1. The minimum absolute atomic E-state index is 0.00503. The molecule has 2 aromatic rings. The number of phenolic OH excluding ortho intramolecular Hbond substituents is 1. The summed E-state index contributed by atoms with van der Waals surface area (Å²) < 4.78 is 0. The number of benzene rings is 2. The highest BCUT2D eigenvalue weighted by Gasteiger charge is 2.31. The van der Waals surface area contributed by atoms with Crippen LogP contribution in [0.2, 0.25) is 0 Å². The molecule has 4 amide bonds. The molecule has 0 aromatic heterocycles. The van der Waals surface area contributed by atoms with Crippen molar-refractivity contribution < 1.29 is 34.2 Å². The molecule has 13 heteroatoms. The second-order valence-corrected chi connectivity index (χ2v) is 8.91. The van der Waals surface area contributed by atoms with Crippen molar-refractivity contribution >= 4 is 42.2 Å². The molecule has 4 atom stereocenters. The van der Waals surface area contributed by atoms with Crippen LogP contribution in [0.4, 0.5) is 0 Å². The van der Waals surface area contributed by atoms with Crippen LogP contribution in [0.5, 0.6) is 5.75 Å². The lowest BCUT2D eigenvalue weighted by atomic mass is 10.0. The molecule has 0 heterocycles. The van der Waals surface area contributed by atoms with E-state index in [1.807, 2.05) is 0 Å². The fraction of sp³-hybridized carbons (Fsp3) is 0.320. The summed E-state index contributed by atoms with van der Waals surface area (Å²) in [6, 6.07) is 9.58.